The summed E-state index contributed by atoms with van der Waals surface area (Å²) in [6, 6.07) is 6.89. The van der Waals surface area contributed by atoms with Crippen LogP contribution >= 0.6 is 0 Å². The van der Waals surface area contributed by atoms with Gasteiger partial charge < -0.3 is 10.6 Å². The number of nitrogens with zero attached hydrogens (tertiary/aromatic N) is 1. The van der Waals surface area contributed by atoms with E-state index in [1.165, 1.54) is 6.07 Å². The molecular weight excluding hydrogens is 231 g/mol. The average molecular weight is 250 g/mol. The minimum absolute atomic E-state index is 0.134. The normalized spacial score (nSPS) is 20.2. The van der Waals surface area contributed by atoms with E-state index in [0.717, 1.165) is 38.0 Å². The Hall–Kier alpha value is -1.42. The molecular formula is C14H19FN2O. The van der Waals surface area contributed by atoms with E-state index in [0.29, 0.717) is 12.3 Å². The molecule has 18 heavy (non-hydrogen) atoms. The van der Waals surface area contributed by atoms with Crippen LogP contribution in [0.15, 0.2) is 24.3 Å². The Kier molecular flexibility index (Phi) is 4.31. The number of benzene rings is 1. The van der Waals surface area contributed by atoms with Crippen LogP contribution in [0.25, 0.3) is 0 Å². The predicted octanol–water partition coefficient (Wildman–Crippen LogP) is 1.57. The first-order chi connectivity index (χ1) is 8.65. The number of amides is 1. The molecule has 1 saturated heterocycles. The smallest absolute Gasteiger partial charge is 0.217 e. The Morgan fingerprint density at radius 1 is 1.44 bits per heavy atom. The third-order valence-electron chi connectivity index (χ3n) is 3.52. The van der Waals surface area contributed by atoms with Crippen molar-refractivity contribution in [3.05, 3.63) is 35.6 Å². The van der Waals surface area contributed by atoms with Gasteiger partial charge in [-0.15, -0.1) is 0 Å². The fraction of sp³-hybridized carbons (Fsp3) is 0.500. The van der Waals surface area contributed by atoms with E-state index in [1.54, 1.807) is 6.07 Å². The topological polar surface area (TPSA) is 46.3 Å². The van der Waals surface area contributed by atoms with E-state index in [1.807, 2.05) is 12.1 Å². The molecule has 1 unspecified atom stereocenters. The number of hydrogen-bond donors (Lipinski definition) is 1. The first-order valence-corrected chi connectivity index (χ1v) is 6.39. The second-order valence-electron chi connectivity index (χ2n) is 4.97. The summed E-state index contributed by atoms with van der Waals surface area (Å²) in [5.74, 6) is 0.0180. The quantitative estimate of drug-likeness (QED) is 0.862. The number of carbonyl (C=O) groups excluding carboxylic acids is 1. The molecule has 1 heterocycles. The fourth-order valence-corrected chi connectivity index (χ4v) is 2.55. The van der Waals surface area contributed by atoms with Gasteiger partial charge in [-0.2, -0.15) is 0 Å². The summed E-state index contributed by atoms with van der Waals surface area (Å²) < 4.78 is 13.4. The van der Waals surface area contributed by atoms with Crippen LogP contribution in [0.2, 0.25) is 0 Å². The van der Waals surface area contributed by atoms with E-state index < -0.39 is 0 Å². The number of primary amides is 1. The lowest BCUT2D eigenvalue weighted by molar-refractivity contribution is -0.118. The van der Waals surface area contributed by atoms with E-state index in [4.69, 9.17) is 5.73 Å². The maximum absolute atomic E-state index is 13.4. The summed E-state index contributed by atoms with van der Waals surface area (Å²) in [6.07, 6.45) is 2.20. The molecule has 0 aromatic heterocycles. The molecule has 0 radical (unpaired) electrons. The van der Waals surface area contributed by atoms with Crippen LogP contribution in [0.3, 0.4) is 0 Å². The molecule has 0 saturated carbocycles. The Labute approximate surface area is 107 Å². The van der Waals surface area contributed by atoms with E-state index in [9.17, 15) is 9.18 Å². The van der Waals surface area contributed by atoms with E-state index in [2.05, 4.69) is 4.90 Å². The molecule has 98 valence electrons. The number of carbonyl (C=O) groups is 1. The molecule has 0 aliphatic carbocycles. The zero-order valence-corrected chi connectivity index (χ0v) is 10.4. The third-order valence-corrected chi connectivity index (χ3v) is 3.52. The van der Waals surface area contributed by atoms with Crippen molar-refractivity contribution in [2.75, 3.05) is 19.6 Å². The van der Waals surface area contributed by atoms with Crippen LogP contribution in [0.4, 0.5) is 4.39 Å². The summed E-state index contributed by atoms with van der Waals surface area (Å²) in [4.78, 5) is 13.1. The van der Waals surface area contributed by atoms with Gasteiger partial charge in [-0.1, -0.05) is 18.2 Å². The number of halogens is 1. The maximum Gasteiger partial charge on any atom is 0.217 e. The lowest BCUT2D eigenvalue weighted by Crippen LogP contribution is -2.25. The minimum Gasteiger partial charge on any atom is -0.370 e. The van der Waals surface area contributed by atoms with Gasteiger partial charge in [0.2, 0.25) is 5.91 Å². The predicted molar refractivity (Wildman–Crippen MR) is 68.5 cm³/mol. The molecule has 4 heteroatoms. The van der Waals surface area contributed by atoms with Crippen molar-refractivity contribution in [1.29, 1.82) is 0 Å². The Bertz CT molecular complexity index is 422. The number of hydrogen-bond acceptors (Lipinski definition) is 2. The van der Waals surface area contributed by atoms with Crippen LogP contribution in [0.1, 0.15) is 18.4 Å². The Balaban J connectivity index is 1.79. The van der Waals surface area contributed by atoms with Gasteiger partial charge in [-0.05, 0) is 36.9 Å². The number of likely N-dealkylation sites (tertiary alicyclic amines) is 1. The molecule has 0 spiro atoms. The molecule has 3 nitrogen and oxygen atoms in total. The van der Waals surface area contributed by atoms with Crippen LogP contribution in [-0.4, -0.2) is 30.4 Å². The lowest BCUT2D eigenvalue weighted by Gasteiger charge is -2.15. The van der Waals surface area contributed by atoms with Crippen molar-refractivity contribution in [1.82, 2.24) is 4.90 Å². The highest BCUT2D eigenvalue weighted by Gasteiger charge is 2.23. The summed E-state index contributed by atoms with van der Waals surface area (Å²) in [5.41, 5.74) is 5.96. The van der Waals surface area contributed by atoms with Gasteiger partial charge in [0.1, 0.15) is 5.82 Å². The van der Waals surface area contributed by atoms with E-state index in [-0.39, 0.29) is 11.7 Å². The van der Waals surface area contributed by atoms with Gasteiger partial charge >= 0.3 is 0 Å². The Morgan fingerprint density at radius 2 is 2.22 bits per heavy atom. The third kappa shape index (κ3) is 3.53. The molecule has 2 rings (SSSR count). The molecule has 1 aromatic rings. The van der Waals surface area contributed by atoms with Gasteiger partial charge in [0, 0.05) is 19.5 Å². The first-order valence-electron chi connectivity index (χ1n) is 6.39. The van der Waals surface area contributed by atoms with Crippen molar-refractivity contribution in [2.45, 2.75) is 19.3 Å². The lowest BCUT2D eigenvalue weighted by atomic mass is 10.1. The average Bonchev–Trinajstić information content (AvgIpc) is 2.75. The van der Waals surface area contributed by atoms with Gasteiger partial charge in [-0.3, -0.25) is 4.79 Å². The zero-order valence-electron chi connectivity index (χ0n) is 10.4. The largest absolute Gasteiger partial charge is 0.370 e. The molecule has 2 N–H and O–H groups in total. The highest BCUT2D eigenvalue weighted by molar-refractivity contribution is 5.74. The summed E-state index contributed by atoms with van der Waals surface area (Å²) in [5, 5.41) is 0. The first kappa shape index (κ1) is 13.0. The van der Waals surface area contributed by atoms with Crippen LogP contribution in [0, 0.1) is 11.7 Å². The fourth-order valence-electron chi connectivity index (χ4n) is 2.55. The highest BCUT2D eigenvalue weighted by Crippen LogP contribution is 2.19. The summed E-state index contributed by atoms with van der Waals surface area (Å²) in [6.45, 7) is 2.72. The summed E-state index contributed by atoms with van der Waals surface area (Å²) in [7, 11) is 0. The standard InChI is InChI=1S/C14H19FN2O/c15-13-4-2-1-3-12(13)6-8-17-7-5-11(10-17)9-14(16)18/h1-4,11H,5-10H2,(H2,16,18). The van der Waals surface area contributed by atoms with Crippen LogP contribution in [-0.2, 0) is 11.2 Å². The molecule has 1 aromatic carbocycles. The monoisotopic (exact) mass is 250 g/mol. The van der Waals surface area contributed by atoms with Gasteiger partial charge in [0.05, 0.1) is 0 Å². The SMILES string of the molecule is NC(=O)CC1CCN(CCc2ccccc2F)C1. The van der Waals surface area contributed by atoms with Crippen molar-refractivity contribution in [2.24, 2.45) is 11.7 Å². The second-order valence-corrected chi connectivity index (χ2v) is 4.97. The van der Waals surface area contributed by atoms with E-state index >= 15 is 0 Å². The van der Waals surface area contributed by atoms with Crippen LogP contribution < -0.4 is 5.73 Å². The van der Waals surface area contributed by atoms with Crippen LogP contribution in [0.5, 0.6) is 0 Å². The minimum atomic E-state index is -0.226. The van der Waals surface area contributed by atoms with Crippen molar-refractivity contribution in [3.8, 4) is 0 Å². The number of nitrogens with two attached hydrogens (primary N) is 1. The van der Waals surface area contributed by atoms with Crippen molar-refractivity contribution in [3.63, 3.8) is 0 Å². The van der Waals surface area contributed by atoms with Gasteiger partial charge in [-0.25, -0.2) is 4.39 Å². The number of rotatable bonds is 5. The zero-order chi connectivity index (χ0) is 13.0. The Morgan fingerprint density at radius 3 is 2.94 bits per heavy atom. The van der Waals surface area contributed by atoms with Gasteiger partial charge in [0.25, 0.3) is 0 Å². The molecule has 1 aliphatic rings. The molecule has 1 atom stereocenters. The molecule has 0 bridgehead atoms. The van der Waals surface area contributed by atoms with Crippen molar-refractivity contribution >= 4 is 5.91 Å². The second kappa shape index (κ2) is 5.96. The molecule has 1 fully saturated rings. The highest BCUT2D eigenvalue weighted by atomic mass is 19.1. The summed E-state index contributed by atoms with van der Waals surface area (Å²) >= 11 is 0. The molecule has 1 amide bonds. The maximum atomic E-state index is 13.4. The molecule has 1 aliphatic heterocycles. The van der Waals surface area contributed by atoms with Gasteiger partial charge in [0.15, 0.2) is 0 Å². The van der Waals surface area contributed by atoms with Crippen molar-refractivity contribution < 1.29 is 9.18 Å².